The number of amides is 1. The molecule has 0 aromatic heterocycles. The Bertz CT molecular complexity index is 547. The number of benzene rings is 1. The van der Waals surface area contributed by atoms with Crippen molar-refractivity contribution in [3.8, 4) is 0 Å². The van der Waals surface area contributed by atoms with Gasteiger partial charge in [0, 0.05) is 31.6 Å². The first kappa shape index (κ1) is 15.4. The maximum atomic E-state index is 12.2. The van der Waals surface area contributed by atoms with Gasteiger partial charge in [0.1, 0.15) is 0 Å². The predicted octanol–water partition coefficient (Wildman–Crippen LogP) is 1.72. The van der Waals surface area contributed by atoms with E-state index in [9.17, 15) is 14.9 Å². The van der Waals surface area contributed by atoms with Crippen LogP contribution in [0.15, 0.2) is 24.3 Å². The van der Waals surface area contributed by atoms with Gasteiger partial charge in [-0.1, -0.05) is 19.1 Å². The summed E-state index contributed by atoms with van der Waals surface area (Å²) in [5, 5.41) is 10.7. The van der Waals surface area contributed by atoms with Crippen LogP contribution >= 0.6 is 0 Å². The van der Waals surface area contributed by atoms with Gasteiger partial charge in [-0.15, -0.1) is 0 Å². The number of non-ortho nitro benzene ring substituents is 1. The van der Waals surface area contributed by atoms with Crippen molar-refractivity contribution < 1.29 is 9.72 Å². The molecule has 2 rings (SSSR count). The van der Waals surface area contributed by atoms with Crippen LogP contribution in [0.2, 0.25) is 0 Å². The maximum absolute atomic E-state index is 12.2. The van der Waals surface area contributed by atoms with E-state index in [1.165, 1.54) is 12.1 Å². The fourth-order valence-corrected chi connectivity index (χ4v) is 2.64. The van der Waals surface area contributed by atoms with Crippen molar-refractivity contribution in [3.63, 3.8) is 0 Å². The van der Waals surface area contributed by atoms with E-state index in [1.54, 1.807) is 6.07 Å². The van der Waals surface area contributed by atoms with Crippen LogP contribution in [0.1, 0.15) is 25.3 Å². The number of rotatable bonds is 5. The molecule has 114 valence electrons. The monoisotopic (exact) mass is 291 g/mol. The molecule has 1 aromatic carbocycles. The zero-order valence-electron chi connectivity index (χ0n) is 12.2. The van der Waals surface area contributed by atoms with Crippen molar-refractivity contribution >= 4 is 11.6 Å². The highest BCUT2D eigenvalue weighted by molar-refractivity contribution is 5.76. The lowest BCUT2D eigenvalue weighted by molar-refractivity contribution is -0.384. The second-order valence-electron chi connectivity index (χ2n) is 6.01. The highest BCUT2D eigenvalue weighted by atomic mass is 16.6. The minimum atomic E-state index is -0.418. The summed E-state index contributed by atoms with van der Waals surface area (Å²) in [6, 6.07) is 6.45. The van der Waals surface area contributed by atoms with Crippen LogP contribution in [0.5, 0.6) is 0 Å². The van der Waals surface area contributed by atoms with Crippen molar-refractivity contribution in [2.24, 2.45) is 11.1 Å². The van der Waals surface area contributed by atoms with Gasteiger partial charge in [-0.25, -0.2) is 0 Å². The van der Waals surface area contributed by atoms with Gasteiger partial charge in [0.2, 0.25) is 5.91 Å². The number of carbonyl (C=O) groups excluding carboxylic acids is 1. The molecule has 1 aliphatic rings. The normalized spacial score (nSPS) is 21.5. The van der Waals surface area contributed by atoms with Gasteiger partial charge in [0.25, 0.3) is 5.69 Å². The Morgan fingerprint density at radius 3 is 2.90 bits per heavy atom. The van der Waals surface area contributed by atoms with Gasteiger partial charge >= 0.3 is 0 Å². The smallest absolute Gasteiger partial charge is 0.269 e. The fraction of sp³-hybridized carbons (Fsp3) is 0.533. The number of nitro benzene ring substituents is 1. The average molecular weight is 291 g/mol. The third kappa shape index (κ3) is 3.78. The van der Waals surface area contributed by atoms with Gasteiger partial charge < -0.3 is 10.6 Å². The van der Waals surface area contributed by atoms with E-state index in [0.717, 1.165) is 18.5 Å². The van der Waals surface area contributed by atoms with E-state index in [2.05, 4.69) is 6.92 Å². The van der Waals surface area contributed by atoms with Gasteiger partial charge in [-0.05, 0) is 30.4 Å². The van der Waals surface area contributed by atoms with E-state index < -0.39 is 4.92 Å². The lowest BCUT2D eigenvalue weighted by atomic mass is 9.90. The molecular weight excluding hydrogens is 270 g/mol. The molecule has 21 heavy (non-hydrogen) atoms. The Kier molecular flexibility index (Phi) is 4.57. The fourth-order valence-electron chi connectivity index (χ4n) is 2.64. The van der Waals surface area contributed by atoms with E-state index in [-0.39, 0.29) is 17.0 Å². The van der Waals surface area contributed by atoms with Gasteiger partial charge in [0.05, 0.1) is 4.92 Å². The molecule has 1 aromatic rings. The van der Waals surface area contributed by atoms with Gasteiger partial charge in [-0.3, -0.25) is 14.9 Å². The van der Waals surface area contributed by atoms with Crippen LogP contribution in [0.25, 0.3) is 0 Å². The first-order valence-electron chi connectivity index (χ1n) is 7.15. The zero-order chi connectivity index (χ0) is 15.5. The van der Waals surface area contributed by atoms with E-state index >= 15 is 0 Å². The summed E-state index contributed by atoms with van der Waals surface area (Å²) in [4.78, 5) is 24.3. The number of carbonyl (C=O) groups is 1. The quantitative estimate of drug-likeness (QED) is 0.660. The van der Waals surface area contributed by atoms with Gasteiger partial charge in [-0.2, -0.15) is 0 Å². The lowest BCUT2D eigenvalue weighted by Crippen LogP contribution is -2.34. The number of aryl methyl sites for hydroxylation is 1. The average Bonchev–Trinajstić information content (AvgIpc) is 2.88. The molecule has 0 saturated carbocycles. The number of nitrogens with zero attached hydrogens (tertiary/aromatic N) is 2. The first-order valence-corrected chi connectivity index (χ1v) is 7.15. The summed E-state index contributed by atoms with van der Waals surface area (Å²) in [7, 11) is 0. The Hall–Kier alpha value is -1.95. The van der Waals surface area contributed by atoms with Crippen LogP contribution in [0.3, 0.4) is 0 Å². The molecule has 1 aliphatic heterocycles. The highest BCUT2D eigenvalue weighted by Gasteiger charge is 2.34. The number of hydrogen-bond donors (Lipinski definition) is 1. The minimum absolute atomic E-state index is 0.0290. The molecule has 1 atom stereocenters. The SMILES string of the molecule is CC1(CN)CCN(C(=O)CCc2cccc([N+](=O)[O-])c2)C1. The zero-order valence-corrected chi connectivity index (χ0v) is 12.2. The van der Waals surface area contributed by atoms with E-state index in [4.69, 9.17) is 5.73 Å². The molecule has 0 aliphatic carbocycles. The summed E-state index contributed by atoms with van der Waals surface area (Å²) in [5.41, 5.74) is 6.65. The standard InChI is InChI=1S/C15H21N3O3/c1-15(10-16)7-8-17(11-15)14(19)6-5-12-3-2-4-13(9-12)18(20)21/h2-4,9H,5-8,10-11,16H2,1H3. The van der Waals surface area contributed by atoms with E-state index in [0.29, 0.717) is 25.9 Å². The second-order valence-corrected chi connectivity index (χ2v) is 6.01. The first-order chi connectivity index (χ1) is 9.93. The second kappa shape index (κ2) is 6.22. The molecule has 1 amide bonds. The van der Waals surface area contributed by atoms with Crippen LogP contribution < -0.4 is 5.73 Å². The van der Waals surface area contributed by atoms with Gasteiger partial charge in [0.15, 0.2) is 0 Å². The Labute approximate surface area is 124 Å². The van der Waals surface area contributed by atoms with Crippen molar-refractivity contribution in [2.45, 2.75) is 26.2 Å². The van der Waals surface area contributed by atoms with Crippen molar-refractivity contribution in [3.05, 3.63) is 39.9 Å². The number of hydrogen-bond acceptors (Lipinski definition) is 4. The Morgan fingerprint density at radius 1 is 1.52 bits per heavy atom. The highest BCUT2D eigenvalue weighted by Crippen LogP contribution is 2.29. The van der Waals surface area contributed by atoms with Crippen molar-refractivity contribution in [2.75, 3.05) is 19.6 Å². The van der Waals surface area contributed by atoms with Crippen LogP contribution in [-0.4, -0.2) is 35.4 Å². The molecule has 0 spiro atoms. The molecule has 6 heteroatoms. The van der Waals surface area contributed by atoms with Crippen LogP contribution in [0.4, 0.5) is 5.69 Å². The molecule has 1 fully saturated rings. The lowest BCUT2D eigenvalue weighted by Gasteiger charge is -2.22. The largest absolute Gasteiger partial charge is 0.342 e. The number of nitrogens with two attached hydrogens (primary N) is 1. The number of nitro groups is 1. The third-order valence-electron chi connectivity index (χ3n) is 4.15. The Morgan fingerprint density at radius 2 is 2.29 bits per heavy atom. The molecule has 1 heterocycles. The summed E-state index contributed by atoms with van der Waals surface area (Å²) < 4.78 is 0. The third-order valence-corrected chi connectivity index (χ3v) is 4.15. The molecule has 6 nitrogen and oxygen atoms in total. The van der Waals surface area contributed by atoms with E-state index in [1.807, 2.05) is 11.0 Å². The van der Waals surface area contributed by atoms with Crippen LogP contribution in [0, 0.1) is 15.5 Å². The molecule has 0 bridgehead atoms. The minimum Gasteiger partial charge on any atom is -0.342 e. The maximum Gasteiger partial charge on any atom is 0.269 e. The Balaban J connectivity index is 1.90. The summed E-state index contributed by atoms with van der Waals surface area (Å²) in [6.45, 7) is 4.14. The van der Waals surface area contributed by atoms with Crippen molar-refractivity contribution in [1.82, 2.24) is 4.90 Å². The molecular formula is C15H21N3O3. The molecule has 1 unspecified atom stereocenters. The molecule has 1 saturated heterocycles. The molecule has 2 N–H and O–H groups in total. The topological polar surface area (TPSA) is 89.5 Å². The van der Waals surface area contributed by atoms with Crippen molar-refractivity contribution in [1.29, 1.82) is 0 Å². The summed E-state index contributed by atoms with van der Waals surface area (Å²) in [6.07, 6.45) is 1.84. The summed E-state index contributed by atoms with van der Waals surface area (Å²) >= 11 is 0. The number of likely N-dealkylation sites (tertiary alicyclic amines) is 1. The predicted molar refractivity (Wildman–Crippen MR) is 79.8 cm³/mol. The van der Waals surface area contributed by atoms with Crippen LogP contribution in [-0.2, 0) is 11.2 Å². The molecule has 0 radical (unpaired) electrons. The summed E-state index contributed by atoms with van der Waals surface area (Å²) in [5.74, 6) is 0.0960.